The molecule has 0 fully saturated rings. The van der Waals surface area contributed by atoms with Gasteiger partial charge in [0.2, 0.25) is 0 Å². The van der Waals surface area contributed by atoms with E-state index >= 15 is 0 Å². The number of ether oxygens (including phenoxy) is 4. The van der Waals surface area contributed by atoms with Gasteiger partial charge in [-0.15, -0.1) is 12.4 Å². The highest BCUT2D eigenvalue weighted by molar-refractivity contribution is 6.03. The smallest absolute Gasteiger partial charge is 0.362 e. The van der Waals surface area contributed by atoms with E-state index in [1.54, 1.807) is 13.2 Å². The minimum Gasteiger partial charge on any atom is -0.495 e. The third-order valence-corrected chi connectivity index (χ3v) is 3.50. The second kappa shape index (κ2) is 5.52. The molecule has 1 aliphatic heterocycles. The number of cyclic esters (lactones) is 1. The second-order valence-corrected chi connectivity index (χ2v) is 4.41. The standard InChI is InChI=1S/C15H14O5.ClH/c1-17-13-10-7-5-4-6-9(10)8-11-12(13)15(18-2,19-3)20-14(11)16;/h4-8H,1-3H3;1H. The second-order valence-electron chi connectivity index (χ2n) is 4.41. The van der Waals surface area contributed by atoms with Crippen LogP contribution in [0.1, 0.15) is 15.9 Å². The van der Waals surface area contributed by atoms with Crippen LogP contribution in [0.3, 0.4) is 0 Å². The Morgan fingerprint density at radius 3 is 2.38 bits per heavy atom. The maximum atomic E-state index is 12.1. The lowest BCUT2D eigenvalue weighted by Crippen LogP contribution is -2.31. The quantitative estimate of drug-likeness (QED) is 0.644. The number of halogens is 1. The van der Waals surface area contributed by atoms with Crippen LogP contribution < -0.4 is 4.74 Å². The molecule has 0 saturated carbocycles. The van der Waals surface area contributed by atoms with Gasteiger partial charge in [-0.1, -0.05) is 24.3 Å². The van der Waals surface area contributed by atoms with E-state index in [1.807, 2.05) is 24.3 Å². The third-order valence-electron chi connectivity index (χ3n) is 3.50. The fourth-order valence-electron chi connectivity index (χ4n) is 2.59. The van der Waals surface area contributed by atoms with Crippen LogP contribution in [0.15, 0.2) is 30.3 Å². The van der Waals surface area contributed by atoms with Crippen LogP contribution in [0.5, 0.6) is 5.75 Å². The minimum absolute atomic E-state index is 0. The monoisotopic (exact) mass is 310 g/mol. The summed E-state index contributed by atoms with van der Waals surface area (Å²) in [7, 11) is 4.38. The Morgan fingerprint density at radius 2 is 1.76 bits per heavy atom. The zero-order chi connectivity index (χ0) is 14.3. The molecule has 0 unspecified atom stereocenters. The molecular weight excluding hydrogens is 296 g/mol. The first kappa shape index (κ1) is 15.6. The predicted molar refractivity (Wildman–Crippen MR) is 78.9 cm³/mol. The number of hydrogen-bond acceptors (Lipinski definition) is 5. The largest absolute Gasteiger partial charge is 0.495 e. The number of rotatable bonds is 3. The van der Waals surface area contributed by atoms with Gasteiger partial charge >= 0.3 is 11.9 Å². The molecule has 2 aromatic rings. The van der Waals surface area contributed by atoms with E-state index in [1.165, 1.54) is 14.2 Å². The average Bonchev–Trinajstić information content (AvgIpc) is 2.78. The van der Waals surface area contributed by atoms with Crippen molar-refractivity contribution >= 4 is 29.1 Å². The first-order valence-electron chi connectivity index (χ1n) is 6.10. The highest BCUT2D eigenvalue weighted by Crippen LogP contribution is 2.46. The molecule has 1 aliphatic rings. The Kier molecular flexibility index (Phi) is 4.09. The number of hydrogen-bond donors (Lipinski definition) is 0. The van der Waals surface area contributed by atoms with Crippen molar-refractivity contribution in [3.8, 4) is 5.75 Å². The molecule has 0 atom stereocenters. The van der Waals surface area contributed by atoms with Gasteiger partial charge in [-0.05, 0) is 11.5 Å². The maximum absolute atomic E-state index is 12.1. The molecule has 0 saturated heterocycles. The number of benzene rings is 2. The fourth-order valence-corrected chi connectivity index (χ4v) is 2.59. The van der Waals surface area contributed by atoms with Crippen LogP contribution in [0.2, 0.25) is 0 Å². The van der Waals surface area contributed by atoms with Gasteiger partial charge in [-0.25, -0.2) is 4.79 Å². The van der Waals surface area contributed by atoms with E-state index in [-0.39, 0.29) is 12.4 Å². The lowest BCUT2D eigenvalue weighted by molar-refractivity contribution is -0.341. The van der Waals surface area contributed by atoms with Gasteiger partial charge in [-0.3, -0.25) is 0 Å². The van der Waals surface area contributed by atoms with Gasteiger partial charge in [0.15, 0.2) is 0 Å². The summed E-state index contributed by atoms with van der Waals surface area (Å²) < 4.78 is 21.3. The third kappa shape index (κ3) is 2.05. The first-order chi connectivity index (χ1) is 9.66. The van der Waals surface area contributed by atoms with Crippen molar-refractivity contribution in [3.05, 3.63) is 41.5 Å². The molecule has 0 aromatic heterocycles. The number of methoxy groups -OCH3 is 3. The van der Waals surface area contributed by atoms with Gasteiger partial charge in [0.25, 0.3) is 0 Å². The summed E-state index contributed by atoms with van der Waals surface area (Å²) in [5.74, 6) is -1.53. The highest BCUT2D eigenvalue weighted by Gasteiger charge is 2.50. The van der Waals surface area contributed by atoms with Crippen molar-refractivity contribution in [1.29, 1.82) is 0 Å². The number of fused-ring (bicyclic) bond motifs is 2. The van der Waals surface area contributed by atoms with E-state index in [0.717, 1.165) is 10.8 Å². The van der Waals surface area contributed by atoms with Crippen molar-refractivity contribution in [1.82, 2.24) is 0 Å². The summed E-state index contributed by atoms with van der Waals surface area (Å²) in [4.78, 5) is 12.1. The average molecular weight is 311 g/mol. The van der Waals surface area contributed by atoms with Crippen LogP contribution in [0.4, 0.5) is 0 Å². The molecule has 3 rings (SSSR count). The normalized spacial score (nSPS) is 15.3. The van der Waals surface area contributed by atoms with Crippen molar-refractivity contribution in [2.24, 2.45) is 0 Å². The summed E-state index contributed by atoms with van der Waals surface area (Å²) >= 11 is 0. The molecule has 6 heteroatoms. The van der Waals surface area contributed by atoms with Gasteiger partial charge in [-0.2, -0.15) is 0 Å². The molecule has 0 aliphatic carbocycles. The van der Waals surface area contributed by atoms with Crippen molar-refractivity contribution in [2.75, 3.05) is 21.3 Å². The van der Waals surface area contributed by atoms with E-state index in [4.69, 9.17) is 18.9 Å². The lowest BCUT2D eigenvalue weighted by Gasteiger charge is -2.25. The molecule has 0 N–H and O–H groups in total. The van der Waals surface area contributed by atoms with Crippen molar-refractivity contribution in [3.63, 3.8) is 0 Å². The topological polar surface area (TPSA) is 54.0 Å². The summed E-state index contributed by atoms with van der Waals surface area (Å²) in [6, 6.07) is 9.37. The van der Waals surface area contributed by atoms with E-state index in [2.05, 4.69) is 0 Å². The van der Waals surface area contributed by atoms with Crippen LogP contribution in [-0.2, 0) is 20.2 Å². The molecular formula is C15H15ClO5. The summed E-state index contributed by atoms with van der Waals surface area (Å²) in [6.07, 6.45) is 0. The Morgan fingerprint density at radius 1 is 1.10 bits per heavy atom. The van der Waals surface area contributed by atoms with E-state index < -0.39 is 11.9 Å². The molecule has 21 heavy (non-hydrogen) atoms. The van der Waals surface area contributed by atoms with Crippen LogP contribution in [0.25, 0.3) is 10.8 Å². The fraction of sp³-hybridized carbons (Fsp3) is 0.267. The Hall–Kier alpha value is -1.82. The van der Waals surface area contributed by atoms with Gasteiger partial charge in [0.05, 0.1) is 12.7 Å². The van der Waals surface area contributed by atoms with Gasteiger partial charge < -0.3 is 18.9 Å². The highest BCUT2D eigenvalue weighted by atomic mass is 35.5. The lowest BCUT2D eigenvalue weighted by atomic mass is 9.99. The molecule has 112 valence electrons. The Balaban J connectivity index is 0.00000161. The number of carbonyl (C=O) groups excluding carboxylic acids is 1. The van der Waals surface area contributed by atoms with E-state index in [0.29, 0.717) is 16.9 Å². The maximum Gasteiger partial charge on any atom is 0.362 e. The SMILES string of the molecule is COc1c2c(cc3ccccc13)C(=O)OC2(OC)OC.Cl. The number of esters is 1. The Bertz CT molecular complexity index is 694. The molecule has 0 spiro atoms. The number of carbonyl (C=O) groups is 1. The van der Waals surface area contributed by atoms with Crippen LogP contribution in [0, 0.1) is 0 Å². The zero-order valence-corrected chi connectivity index (χ0v) is 12.7. The first-order valence-corrected chi connectivity index (χ1v) is 6.10. The molecule has 5 nitrogen and oxygen atoms in total. The summed E-state index contributed by atoms with van der Waals surface area (Å²) in [5.41, 5.74) is 0.859. The van der Waals surface area contributed by atoms with Crippen molar-refractivity contribution < 1.29 is 23.7 Å². The van der Waals surface area contributed by atoms with Crippen LogP contribution in [-0.4, -0.2) is 27.3 Å². The van der Waals surface area contributed by atoms with E-state index in [9.17, 15) is 4.79 Å². The minimum atomic E-state index is -1.55. The summed E-state index contributed by atoms with van der Waals surface area (Å²) in [5, 5.41) is 1.76. The van der Waals surface area contributed by atoms with Crippen molar-refractivity contribution in [2.45, 2.75) is 5.97 Å². The molecule has 0 bridgehead atoms. The zero-order valence-electron chi connectivity index (χ0n) is 11.8. The van der Waals surface area contributed by atoms with Gasteiger partial charge in [0, 0.05) is 19.6 Å². The van der Waals surface area contributed by atoms with Crippen LogP contribution >= 0.6 is 12.4 Å². The molecule has 0 amide bonds. The summed E-state index contributed by atoms with van der Waals surface area (Å²) in [6.45, 7) is 0. The molecule has 2 aromatic carbocycles. The molecule has 1 heterocycles. The molecule has 0 radical (unpaired) electrons. The predicted octanol–water partition coefficient (Wildman–Crippen LogP) is 2.84. The Labute approximate surface area is 128 Å². The van der Waals surface area contributed by atoms with Gasteiger partial charge in [0.1, 0.15) is 11.3 Å².